The van der Waals surface area contributed by atoms with E-state index in [4.69, 9.17) is 5.11 Å². The molecule has 0 radical (unpaired) electrons. The van der Waals surface area contributed by atoms with E-state index < -0.39 is 16.0 Å². The van der Waals surface area contributed by atoms with Crippen molar-refractivity contribution in [2.45, 2.75) is 31.1 Å². The van der Waals surface area contributed by atoms with Gasteiger partial charge in [-0.1, -0.05) is 17.7 Å². The van der Waals surface area contributed by atoms with Crippen LogP contribution < -0.4 is 0 Å². The van der Waals surface area contributed by atoms with Crippen molar-refractivity contribution in [3.05, 3.63) is 46.8 Å². The maximum absolute atomic E-state index is 12.6. The molecule has 1 aromatic heterocycles. The number of aryl methyl sites for hydroxylation is 1. The number of carbonyl (C=O) groups is 1. The molecule has 1 aliphatic rings. The van der Waals surface area contributed by atoms with E-state index in [0.29, 0.717) is 24.1 Å². The number of aromatic carboxylic acids is 1. The van der Waals surface area contributed by atoms with Crippen molar-refractivity contribution in [3.63, 3.8) is 0 Å². The SMILES string of the molecule is Cc1ccc(S(=O)(=O)n2nc(C(=O)O)c3c2CCC3)cc1. The highest BCUT2D eigenvalue weighted by Gasteiger charge is 2.31. The second kappa shape index (κ2) is 4.70. The minimum Gasteiger partial charge on any atom is -0.476 e. The van der Waals surface area contributed by atoms with Gasteiger partial charge in [-0.3, -0.25) is 0 Å². The Kier molecular flexibility index (Phi) is 3.09. The molecule has 1 heterocycles. The molecule has 0 atom stereocenters. The molecule has 7 heteroatoms. The number of hydrogen-bond donors (Lipinski definition) is 1. The standard InChI is InChI=1S/C14H14N2O4S/c1-9-5-7-10(8-6-9)21(19,20)16-12-4-2-3-11(12)13(15-16)14(17)18/h5-8H,2-4H2,1H3,(H,17,18). The van der Waals surface area contributed by atoms with Crippen molar-refractivity contribution in [2.75, 3.05) is 0 Å². The van der Waals surface area contributed by atoms with Crippen LogP contribution in [0.25, 0.3) is 0 Å². The molecule has 2 aromatic rings. The first kappa shape index (κ1) is 13.8. The zero-order chi connectivity index (χ0) is 15.2. The number of hydrogen-bond acceptors (Lipinski definition) is 4. The van der Waals surface area contributed by atoms with E-state index in [1.165, 1.54) is 12.1 Å². The molecular weight excluding hydrogens is 292 g/mol. The van der Waals surface area contributed by atoms with Crippen molar-refractivity contribution in [3.8, 4) is 0 Å². The molecule has 1 aromatic carbocycles. The first-order chi connectivity index (χ1) is 9.91. The number of rotatable bonds is 3. The van der Waals surface area contributed by atoms with Gasteiger partial charge >= 0.3 is 5.97 Å². The van der Waals surface area contributed by atoms with Gasteiger partial charge in [0.25, 0.3) is 10.0 Å². The van der Waals surface area contributed by atoms with E-state index in [2.05, 4.69) is 5.10 Å². The lowest BCUT2D eigenvalue weighted by molar-refractivity contribution is 0.0689. The van der Waals surface area contributed by atoms with E-state index in [1.54, 1.807) is 12.1 Å². The minimum atomic E-state index is -3.85. The molecule has 0 saturated heterocycles. The molecule has 0 aliphatic heterocycles. The lowest BCUT2D eigenvalue weighted by Crippen LogP contribution is -2.17. The molecule has 21 heavy (non-hydrogen) atoms. The summed E-state index contributed by atoms with van der Waals surface area (Å²) in [6, 6.07) is 6.42. The van der Waals surface area contributed by atoms with Crippen molar-refractivity contribution >= 4 is 16.0 Å². The number of aromatic nitrogens is 2. The van der Waals surface area contributed by atoms with Crippen LogP contribution in [0.4, 0.5) is 0 Å². The topological polar surface area (TPSA) is 89.3 Å². The van der Waals surface area contributed by atoms with Gasteiger partial charge in [0.2, 0.25) is 0 Å². The summed E-state index contributed by atoms with van der Waals surface area (Å²) in [5.41, 5.74) is 1.83. The van der Waals surface area contributed by atoms with Crippen LogP contribution in [0.3, 0.4) is 0 Å². The van der Waals surface area contributed by atoms with E-state index in [-0.39, 0.29) is 10.6 Å². The third kappa shape index (κ3) is 2.13. The average Bonchev–Trinajstić information content (AvgIpc) is 2.99. The molecule has 3 rings (SSSR count). The summed E-state index contributed by atoms with van der Waals surface area (Å²) < 4.78 is 26.2. The zero-order valence-electron chi connectivity index (χ0n) is 11.4. The van der Waals surface area contributed by atoms with Gasteiger partial charge in [-0.05, 0) is 38.3 Å². The van der Waals surface area contributed by atoms with E-state index in [1.807, 2.05) is 6.92 Å². The average molecular weight is 306 g/mol. The van der Waals surface area contributed by atoms with Gasteiger partial charge in [0.05, 0.1) is 10.6 Å². The first-order valence-electron chi connectivity index (χ1n) is 6.57. The fraction of sp³-hybridized carbons (Fsp3) is 0.286. The normalized spacial score (nSPS) is 14.1. The van der Waals surface area contributed by atoms with Crippen molar-refractivity contribution in [1.82, 2.24) is 9.19 Å². The number of benzene rings is 1. The van der Waals surface area contributed by atoms with Gasteiger partial charge < -0.3 is 5.11 Å². The Balaban J connectivity index is 2.18. The lowest BCUT2D eigenvalue weighted by Gasteiger charge is -2.07. The molecular formula is C14H14N2O4S. The summed E-state index contributed by atoms with van der Waals surface area (Å²) in [4.78, 5) is 11.3. The third-order valence-electron chi connectivity index (χ3n) is 3.65. The van der Waals surface area contributed by atoms with Crippen LogP contribution in [0.1, 0.15) is 33.7 Å². The zero-order valence-corrected chi connectivity index (χ0v) is 12.2. The molecule has 0 bridgehead atoms. The maximum atomic E-state index is 12.6. The Morgan fingerprint density at radius 2 is 1.90 bits per heavy atom. The Hall–Kier alpha value is -2.15. The maximum Gasteiger partial charge on any atom is 0.356 e. The van der Waals surface area contributed by atoms with Crippen LogP contribution in [-0.2, 0) is 22.9 Å². The van der Waals surface area contributed by atoms with E-state index in [9.17, 15) is 13.2 Å². The Morgan fingerprint density at radius 3 is 2.52 bits per heavy atom. The largest absolute Gasteiger partial charge is 0.476 e. The number of carboxylic acid groups (broad SMARTS) is 1. The predicted octanol–water partition coefficient (Wildman–Crippen LogP) is 1.62. The summed E-state index contributed by atoms with van der Waals surface area (Å²) in [7, 11) is -3.85. The van der Waals surface area contributed by atoms with Gasteiger partial charge in [-0.15, -0.1) is 5.10 Å². The summed E-state index contributed by atoms with van der Waals surface area (Å²) in [6.07, 6.45) is 1.83. The molecule has 0 spiro atoms. The fourth-order valence-corrected chi connectivity index (χ4v) is 3.95. The Morgan fingerprint density at radius 1 is 1.24 bits per heavy atom. The Labute approximate surface area is 122 Å². The van der Waals surface area contributed by atoms with E-state index >= 15 is 0 Å². The smallest absolute Gasteiger partial charge is 0.356 e. The predicted molar refractivity (Wildman–Crippen MR) is 75.0 cm³/mol. The van der Waals surface area contributed by atoms with Crippen molar-refractivity contribution in [2.24, 2.45) is 0 Å². The van der Waals surface area contributed by atoms with Crippen LogP contribution in [0.5, 0.6) is 0 Å². The number of fused-ring (bicyclic) bond motifs is 1. The van der Waals surface area contributed by atoms with Gasteiger partial charge in [0.1, 0.15) is 0 Å². The third-order valence-corrected chi connectivity index (χ3v) is 5.27. The summed E-state index contributed by atoms with van der Waals surface area (Å²) >= 11 is 0. The van der Waals surface area contributed by atoms with Crippen LogP contribution >= 0.6 is 0 Å². The highest BCUT2D eigenvalue weighted by molar-refractivity contribution is 7.89. The molecule has 0 amide bonds. The second-order valence-electron chi connectivity index (χ2n) is 5.09. The van der Waals surface area contributed by atoms with Crippen LogP contribution in [-0.4, -0.2) is 28.7 Å². The highest BCUT2D eigenvalue weighted by Crippen LogP contribution is 2.28. The monoisotopic (exact) mass is 306 g/mol. The molecule has 110 valence electrons. The van der Waals surface area contributed by atoms with Crippen LogP contribution in [0.15, 0.2) is 29.2 Å². The van der Waals surface area contributed by atoms with E-state index in [0.717, 1.165) is 16.1 Å². The highest BCUT2D eigenvalue weighted by atomic mass is 32.2. The fourth-order valence-electron chi connectivity index (χ4n) is 2.59. The molecule has 0 saturated carbocycles. The van der Waals surface area contributed by atoms with Crippen LogP contribution in [0, 0.1) is 6.92 Å². The number of carboxylic acids is 1. The van der Waals surface area contributed by atoms with Crippen molar-refractivity contribution < 1.29 is 18.3 Å². The van der Waals surface area contributed by atoms with Crippen LogP contribution in [0.2, 0.25) is 0 Å². The van der Waals surface area contributed by atoms with Gasteiger partial charge in [0.15, 0.2) is 5.69 Å². The van der Waals surface area contributed by atoms with Crippen molar-refractivity contribution in [1.29, 1.82) is 0 Å². The first-order valence-corrected chi connectivity index (χ1v) is 8.01. The van der Waals surface area contributed by atoms with Gasteiger partial charge in [-0.2, -0.15) is 12.5 Å². The van der Waals surface area contributed by atoms with Gasteiger partial charge in [-0.25, -0.2) is 4.79 Å². The molecule has 0 fully saturated rings. The second-order valence-corrected chi connectivity index (χ2v) is 6.86. The minimum absolute atomic E-state index is 0.113. The number of nitrogens with zero attached hydrogens (tertiary/aromatic N) is 2. The summed E-state index contributed by atoms with van der Waals surface area (Å²) in [5.74, 6) is -1.19. The molecule has 1 N–H and O–H groups in total. The van der Waals surface area contributed by atoms with Gasteiger partial charge in [0, 0.05) is 5.56 Å². The molecule has 0 unspecified atom stereocenters. The summed E-state index contributed by atoms with van der Waals surface area (Å²) in [5, 5.41) is 13.0. The lowest BCUT2D eigenvalue weighted by atomic mass is 10.2. The Bertz CT molecular complexity index is 819. The summed E-state index contributed by atoms with van der Waals surface area (Å²) in [6.45, 7) is 1.87. The molecule has 6 nitrogen and oxygen atoms in total. The molecule has 1 aliphatic carbocycles. The quantitative estimate of drug-likeness (QED) is 0.930.